The van der Waals surface area contributed by atoms with E-state index in [9.17, 15) is 24.5 Å². The fourth-order valence-electron chi connectivity index (χ4n) is 1.87. The SMILES string of the molecule is CSc1ccc(C(=O)OCC(=O)N2CCOC2=O)cc1[N+](=O)[O-]. The molecule has 1 aromatic carbocycles. The van der Waals surface area contributed by atoms with Crippen LogP contribution >= 0.6 is 11.8 Å². The first kappa shape index (κ1) is 16.7. The molecule has 1 heterocycles. The summed E-state index contributed by atoms with van der Waals surface area (Å²) in [7, 11) is 0. The molecule has 0 N–H and O–H groups in total. The molecule has 0 saturated carbocycles. The van der Waals surface area contributed by atoms with Crippen molar-refractivity contribution in [3.63, 3.8) is 0 Å². The van der Waals surface area contributed by atoms with Gasteiger partial charge in [0.2, 0.25) is 0 Å². The van der Waals surface area contributed by atoms with Crippen LogP contribution in [-0.2, 0) is 14.3 Å². The number of esters is 1. The molecule has 0 atom stereocenters. The molecule has 1 aliphatic heterocycles. The molecule has 0 aromatic heterocycles. The summed E-state index contributed by atoms with van der Waals surface area (Å²) in [5, 5.41) is 11.0. The van der Waals surface area contributed by atoms with Crippen LogP contribution in [0.5, 0.6) is 0 Å². The lowest BCUT2D eigenvalue weighted by Gasteiger charge is -2.11. The van der Waals surface area contributed by atoms with Gasteiger partial charge in [0, 0.05) is 6.07 Å². The molecule has 9 nitrogen and oxygen atoms in total. The molecule has 1 aliphatic rings. The summed E-state index contributed by atoms with van der Waals surface area (Å²) in [5.41, 5.74) is -0.271. The zero-order chi connectivity index (χ0) is 17.0. The summed E-state index contributed by atoms with van der Waals surface area (Å²) in [6, 6.07) is 3.89. The second-order valence-electron chi connectivity index (χ2n) is 4.38. The number of nitrogens with zero attached hydrogens (tertiary/aromatic N) is 2. The highest BCUT2D eigenvalue weighted by molar-refractivity contribution is 7.98. The summed E-state index contributed by atoms with van der Waals surface area (Å²) in [6.45, 7) is -0.448. The Kier molecular flexibility index (Phi) is 5.16. The van der Waals surface area contributed by atoms with E-state index in [0.717, 1.165) is 11.0 Å². The van der Waals surface area contributed by atoms with Crippen molar-refractivity contribution in [3.8, 4) is 0 Å². The minimum absolute atomic E-state index is 0.0497. The minimum atomic E-state index is -0.887. The van der Waals surface area contributed by atoms with E-state index >= 15 is 0 Å². The number of carbonyl (C=O) groups excluding carboxylic acids is 3. The van der Waals surface area contributed by atoms with Crippen LogP contribution < -0.4 is 0 Å². The van der Waals surface area contributed by atoms with Gasteiger partial charge in [0.1, 0.15) is 6.61 Å². The third-order valence-electron chi connectivity index (χ3n) is 3.00. The van der Waals surface area contributed by atoms with Crippen molar-refractivity contribution in [3.05, 3.63) is 33.9 Å². The number of imide groups is 1. The van der Waals surface area contributed by atoms with E-state index in [4.69, 9.17) is 4.74 Å². The van der Waals surface area contributed by atoms with E-state index in [1.807, 2.05) is 0 Å². The predicted molar refractivity (Wildman–Crippen MR) is 78.2 cm³/mol. The summed E-state index contributed by atoms with van der Waals surface area (Å²) in [6.07, 6.45) is 0.889. The number of thioether (sulfide) groups is 1. The molecule has 2 rings (SSSR count). The Morgan fingerprint density at radius 1 is 1.48 bits per heavy atom. The third kappa shape index (κ3) is 3.77. The normalized spacial score (nSPS) is 13.6. The second kappa shape index (κ2) is 7.09. The van der Waals surface area contributed by atoms with Crippen LogP contribution in [0.3, 0.4) is 0 Å². The van der Waals surface area contributed by atoms with Gasteiger partial charge in [-0.05, 0) is 18.4 Å². The largest absolute Gasteiger partial charge is 0.452 e. The van der Waals surface area contributed by atoms with Crippen LogP contribution in [0.25, 0.3) is 0 Å². The molecule has 23 heavy (non-hydrogen) atoms. The first-order valence-electron chi connectivity index (χ1n) is 6.40. The predicted octanol–water partition coefficient (Wildman–Crippen LogP) is 1.45. The van der Waals surface area contributed by atoms with E-state index in [1.54, 1.807) is 6.26 Å². The average molecular weight is 340 g/mol. The topological polar surface area (TPSA) is 116 Å². The Hall–Kier alpha value is -2.62. The van der Waals surface area contributed by atoms with Crippen molar-refractivity contribution in [1.29, 1.82) is 0 Å². The highest BCUT2D eigenvalue weighted by Crippen LogP contribution is 2.28. The number of rotatable bonds is 5. The number of hydrogen-bond donors (Lipinski definition) is 0. The van der Waals surface area contributed by atoms with Crippen molar-refractivity contribution >= 4 is 35.4 Å². The van der Waals surface area contributed by atoms with Gasteiger partial charge in [-0.1, -0.05) is 0 Å². The molecule has 0 spiro atoms. The maximum atomic E-state index is 11.9. The van der Waals surface area contributed by atoms with E-state index in [2.05, 4.69) is 4.74 Å². The maximum absolute atomic E-state index is 11.9. The summed E-state index contributed by atoms with van der Waals surface area (Å²) >= 11 is 1.17. The van der Waals surface area contributed by atoms with Crippen LogP contribution in [0.2, 0.25) is 0 Å². The number of amides is 2. The van der Waals surface area contributed by atoms with Gasteiger partial charge in [-0.3, -0.25) is 14.9 Å². The van der Waals surface area contributed by atoms with Crippen LogP contribution in [0.4, 0.5) is 10.5 Å². The third-order valence-corrected chi connectivity index (χ3v) is 3.78. The maximum Gasteiger partial charge on any atom is 0.416 e. The fourth-order valence-corrected chi connectivity index (χ4v) is 2.41. The van der Waals surface area contributed by atoms with Crippen molar-refractivity contribution < 1.29 is 28.8 Å². The molecule has 1 saturated heterocycles. The van der Waals surface area contributed by atoms with Gasteiger partial charge in [0.05, 0.1) is 21.9 Å². The summed E-state index contributed by atoms with van der Waals surface area (Å²) in [5.74, 6) is -1.60. The Bertz CT molecular complexity index is 676. The number of hydrogen-bond acceptors (Lipinski definition) is 8. The van der Waals surface area contributed by atoms with Gasteiger partial charge >= 0.3 is 12.1 Å². The first-order valence-corrected chi connectivity index (χ1v) is 7.63. The van der Waals surface area contributed by atoms with Gasteiger partial charge in [-0.25, -0.2) is 14.5 Å². The van der Waals surface area contributed by atoms with Gasteiger partial charge in [-0.2, -0.15) is 0 Å². The van der Waals surface area contributed by atoms with Crippen molar-refractivity contribution in [2.24, 2.45) is 0 Å². The van der Waals surface area contributed by atoms with Crippen LogP contribution in [-0.4, -0.2) is 53.8 Å². The van der Waals surface area contributed by atoms with Gasteiger partial charge < -0.3 is 9.47 Å². The Labute approximate surface area is 134 Å². The van der Waals surface area contributed by atoms with Crippen molar-refractivity contribution in [1.82, 2.24) is 4.90 Å². The Morgan fingerprint density at radius 2 is 2.22 bits per heavy atom. The quantitative estimate of drug-likeness (QED) is 0.342. The molecule has 1 fully saturated rings. The van der Waals surface area contributed by atoms with Gasteiger partial charge in [-0.15, -0.1) is 11.8 Å². The molecule has 1 aromatic rings. The molecule has 122 valence electrons. The summed E-state index contributed by atoms with van der Waals surface area (Å²) in [4.78, 5) is 46.4. The molecule has 0 radical (unpaired) electrons. The number of nitro benzene ring substituents is 1. The molecule has 10 heteroatoms. The lowest BCUT2D eigenvalue weighted by molar-refractivity contribution is -0.387. The standard InChI is InChI=1S/C13H12N2O7S/c1-23-10-3-2-8(6-9(10)15(19)20)12(17)22-7-11(16)14-4-5-21-13(14)18/h2-3,6H,4-5,7H2,1H3. The lowest BCUT2D eigenvalue weighted by Crippen LogP contribution is -2.35. The zero-order valence-corrected chi connectivity index (χ0v) is 12.8. The minimum Gasteiger partial charge on any atom is -0.452 e. The van der Waals surface area contributed by atoms with Crippen LogP contribution in [0, 0.1) is 10.1 Å². The Morgan fingerprint density at radius 3 is 2.78 bits per heavy atom. The van der Waals surface area contributed by atoms with Crippen molar-refractivity contribution in [2.45, 2.75) is 4.90 Å². The molecule has 0 aliphatic carbocycles. The van der Waals surface area contributed by atoms with E-state index in [-0.39, 0.29) is 24.4 Å². The molecule has 0 bridgehead atoms. The molecular formula is C13H12N2O7S. The zero-order valence-electron chi connectivity index (χ0n) is 12.0. The number of nitro groups is 1. The number of benzene rings is 1. The summed E-state index contributed by atoms with van der Waals surface area (Å²) < 4.78 is 9.39. The average Bonchev–Trinajstić information content (AvgIpc) is 2.97. The second-order valence-corrected chi connectivity index (χ2v) is 5.23. The number of cyclic esters (lactones) is 1. The smallest absolute Gasteiger partial charge is 0.416 e. The van der Waals surface area contributed by atoms with Gasteiger partial charge in [0.15, 0.2) is 6.61 Å². The molecule has 2 amide bonds. The highest BCUT2D eigenvalue weighted by Gasteiger charge is 2.29. The monoisotopic (exact) mass is 340 g/mol. The van der Waals surface area contributed by atoms with E-state index < -0.39 is 29.5 Å². The highest BCUT2D eigenvalue weighted by atomic mass is 32.2. The van der Waals surface area contributed by atoms with Crippen LogP contribution in [0.1, 0.15) is 10.4 Å². The Balaban J connectivity index is 2.03. The van der Waals surface area contributed by atoms with Crippen molar-refractivity contribution in [2.75, 3.05) is 26.0 Å². The fraction of sp³-hybridized carbons (Fsp3) is 0.308. The first-order chi connectivity index (χ1) is 10.9. The molecular weight excluding hydrogens is 328 g/mol. The lowest BCUT2D eigenvalue weighted by atomic mass is 10.2. The molecule has 0 unspecified atom stereocenters. The van der Waals surface area contributed by atoms with E-state index in [1.165, 1.54) is 23.9 Å². The van der Waals surface area contributed by atoms with Crippen LogP contribution in [0.15, 0.2) is 23.1 Å². The number of ether oxygens (including phenoxy) is 2. The van der Waals surface area contributed by atoms with Gasteiger partial charge in [0.25, 0.3) is 11.6 Å². The van der Waals surface area contributed by atoms with E-state index in [0.29, 0.717) is 4.90 Å². The number of carbonyl (C=O) groups is 3.